The van der Waals surface area contributed by atoms with Crippen LogP contribution in [0.3, 0.4) is 0 Å². The van der Waals surface area contributed by atoms with Crippen molar-refractivity contribution >= 4 is 11.6 Å². The van der Waals surface area contributed by atoms with Crippen LogP contribution in [0.25, 0.3) is 0 Å². The van der Waals surface area contributed by atoms with Gasteiger partial charge in [-0.05, 0) is 25.5 Å². The van der Waals surface area contributed by atoms with E-state index in [4.69, 9.17) is 0 Å². The van der Waals surface area contributed by atoms with E-state index in [-0.39, 0.29) is 5.78 Å². The van der Waals surface area contributed by atoms with Crippen molar-refractivity contribution in [1.82, 2.24) is 4.98 Å². The summed E-state index contributed by atoms with van der Waals surface area (Å²) >= 11 is 0. The Bertz CT molecular complexity index is 332. The average molecular weight is 178 g/mol. The smallest absolute Gasteiger partial charge is 0.161 e. The van der Waals surface area contributed by atoms with Crippen LogP contribution in [-0.2, 0) is 0 Å². The number of ketones is 1. The molecule has 70 valence electrons. The van der Waals surface area contributed by atoms with E-state index < -0.39 is 0 Å². The first-order valence-corrected chi connectivity index (χ1v) is 4.17. The quantitative estimate of drug-likeness (QED) is 0.646. The van der Waals surface area contributed by atoms with Gasteiger partial charge in [0.1, 0.15) is 5.82 Å². The minimum Gasteiger partial charge on any atom is -0.363 e. The monoisotopic (exact) mass is 178 g/mol. The molecule has 13 heavy (non-hydrogen) atoms. The van der Waals surface area contributed by atoms with Crippen LogP contribution in [0.15, 0.2) is 12.3 Å². The minimum atomic E-state index is 0.0564. The van der Waals surface area contributed by atoms with Gasteiger partial charge in [0.25, 0.3) is 0 Å². The van der Waals surface area contributed by atoms with Crippen molar-refractivity contribution in [2.24, 2.45) is 0 Å². The lowest BCUT2D eigenvalue weighted by molar-refractivity contribution is 0.101. The molecule has 0 N–H and O–H groups in total. The van der Waals surface area contributed by atoms with Crippen LogP contribution in [0.2, 0.25) is 0 Å². The number of aromatic nitrogens is 1. The largest absolute Gasteiger partial charge is 0.363 e. The van der Waals surface area contributed by atoms with E-state index in [0.29, 0.717) is 5.56 Å². The fourth-order valence-electron chi connectivity index (χ4n) is 1.23. The van der Waals surface area contributed by atoms with Crippen LogP contribution in [-0.4, -0.2) is 24.9 Å². The summed E-state index contributed by atoms with van der Waals surface area (Å²) in [5, 5.41) is 0. The second-order valence-corrected chi connectivity index (χ2v) is 3.32. The van der Waals surface area contributed by atoms with Crippen molar-refractivity contribution in [1.29, 1.82) is 0 Å². The van der Waals surface area contributed by atoms with E-state index in [9.17, 15) is 4.79 Å². The number of aryl methyl sites for hydroxylation is 1. The fourth-order valence-corrected chi connectivity index (χ4v) is 1.23. The van der Waals surface area contributed by atoms with Crippen LogP contribution in [0.4, 0.5) is 5.82 Å². The lowest BCUT2D eigenvalue weighted by Gasteiger charge is -2.14. The first-order valence-electron chi connectivity index (χ1n) is 4.17. The van der Waals surface area contributed by atoms with Crippen molar-refractivity contribution < 1.29 is 4.79 Å². The number of anilines is 1. The molecule has 0 spiro atoms. The molecule has 0 saturated carbocycles. The van der Waals surface area contributed by atoms with E-state index in [0.717, 1.165) is 11.4 Å². The van der Waals surface area contributed by atoms with Crippen LogP contribution in [0, 0.1) is 6.92 Å². The summed E-state index contributed by atoms with van der Waals surface area (Å²) in [6.45, 7) is 3.50. The van der Waals surface area contributed by atoms with Gasteiger partial charge in [0.2, 0.25) is 0 Å². The Hall–Kier alpha value is -1.38. The van der Waals surface area contributed by atoms with Gasteiger partial charge in [-0.3, -0.25) is 4.79 Å². The van der Waals surface area contributed by atoms with E-state index >= 15 is 0 Å². The van der Waals surface area contributed by atoms with Crippen molar-refractivity contribution in [2.45, 2.75) is 13.8 Å². The Labute approximate surface area is 78.4 Å². The molecule has 0 bridgehead atoms. The minimum absolute atomic E-state index is 0.0564. The molecule has 1 aromatic rings. The highest BCUT2D eigenvalue weighted by Crippen LogP contribution is 2.15. The average Bonchev–Trinajstić information content (AvgIpc) is 2.03. The highest BCUT2D eigenvalue weighted by Gasteiger charge is 2.05. The first-order chi connectivity index (χ1) is 6.02. The van der Waals surface area contributed by atoms with E-state index in [2.05, 4.69) is 4.98 Å². The van der Waals surface area contributed by atoms with Crippen LogP contribution in [0.5, 0.6) is 0 Å². The number of nitrogens with zero attached hydrogens (tertiary/aromatic N) is 2. The standard InChI is InChI=1S/C10H14N2O/c1-7-5-9(8(2)13)6-11-10(7)12(3)4/h5-6H,1-4H3. The Kier molecular flexibility index (Phi) is 2.66. The number of hydrogen-bond acceptors (Lipinski definition) is 3. The summed E-state index contributed by atoms with van der Waals surface area (Å²) in [6, 6.07) is 1.87. The van der Waals surface area contributed by atoms with Crippen LogP contribution < -0.4 is 4.90 Å². The molecular formula is C10H14N2O. The third kappa shape index (κ3) is 2.05. The normalized spacial score (nSPS) is 9.85. The van der Waals surface area contributed by atoms with Gasteiger partial charge in [0.05, 0.1) is 0 Å². The molecule has 1 heterocycles. The predicted octanol–water partition coefficient (Wildman–Crippen LogP) is 1.66. The number of pyridine rings is 1. The summed E-state index contributed by atoms with van der Waals surface area (Å²) in [5.41, 5.74) is 1.70. The molecule has 0 aliphatic carbocycles. The van der Waals surface area contributed by atoms with Gasteiger partial charge >= 0.3 is 0 Å². The number of carbonyl (C=O) groups is 1. The highest BCUT2D eigenvalue weighted by molar-refractivity contribution is 5.94. The Morgan fingerprint density at radius 2 is 2.08 bits per heavy atom. The van der Waals surface area contributed by atoms with Crippen molar-refractivity contribution in [2.75, 3.05) is 19.0 Å². The van der Waals surface area contributed by atoms with Gasteiger partial charge in [-0.25, -0.2) is 4.98 Å². The van der Waals surface area contributed by atoms with Gasteiger partial charge < -0.3 is 4.90 Å². The zero-order valence-corrected chi connectivity index (χ0v) is 8.46. The SMILES string of the molecule is CC(=O)c1cnc(N(C)C)c(C)c1. The number of hydrogen-bond donors (Lipinski definition) is 0. The van der Waals surface area contributed by atoms with Crippen molar-refractivity contribution in [3.63, 3.8) is 0 Å². The maximum atomic E-state index is 11.0. The van der Waals surface area contributed by atoms with Crippen molar-refractivity contribution in [3.05, 3.63) is 23.4 Å². The van der Waals surface area contributed by atoms with Crippen LogP contribution in [0.1, 0.15) is 22.8 Å². The number of carbonyl (C=O) groups excluding carboxylic acids is 1. The maximum Gasteiger partial charge on any atom is 0.161 e. The molecule has 0 saturated heterocycles. The molecule has 0 radical (unpaired) electrons. The van der Waals surface area contributed by atoms with Gasteiger partial charge in [-0.2, -0.15) is 0 Å². The maximum absolute atomic E-state index is 11.0. The summed E-state index contributed by atoms with van der Waals surface area (Å²) in [6.07, 6.45) is 1.62. The molecule has 3 heteroatoms. The zero-order valence-electron chi connectivity index (χ0n) is 8.46. The molecule has 0 atom stereocenters. The second kappa shape index (κ2) is 3.56. The Morgan fingerprint density at radius 3 is 2.46 bits per heavy atom. The second-order valence-electron chi connectivity index (χ2n) is 3.32. The Morgan fingerprint density at radius 1 is 1.46 bits per heavy atom. The topological polar surface area (TPSA) is 33.2 Å². The zero-order chi connectivity index (χ0) is 10.0. The van der Waals surface area contributed by atoms with Crippen molar-refractivity contribution in [3.8, 4) is 0 Å². The van der Waals surface area contributed by atoms with Gasteiger partial charge in [-0.15, -0.1) is 0 Å². The fraction of sp³-hybridized carbons (Fsp3) is 0.400. The third-order valence-electron chi connectivity index (χ3n) is 1.88. The molecule has 0 aliphatic rings. The molecule has 0 aromatic carbocycles. The lowest BCUT2D eigenvalue weighted by atomic mass is 10.1. The lowest BCUT2D eigenvalue weighted by Crippen LogP contribution is -2.12. The number of rotatable bonds is 2. The van der Waals surface area contributed by atoms with E-state index in [1.54, 1.807) is 13.1 Å². The molecule has 0 unspecified atom stereocenters. The summed E-state index contributed by atoms with van der Waals surface area (Å²) in [5.74, 6) is 0.964. The van der Waals surface area contributed by atoms with Gasteiger partial charge in [0, 0.05) is 25.9 Å². The van der Waals surface area contributed by atoms with Gasteiger partial charge in [-0.1, -0.05) is 0 Å². The number of Topliss-reactive ketones (excluding diaryl/α,β-unsaturated/α-hetero) is 1. The molecular weight excluding hydrogens is 164 g/mol. The van der Waals surface area contributed by atoms with E-state index in [1.165, 1.54) is 0 Å². The van der Waals surface area contributed by atoms with E-state index in [1.807, 2.05) is 32.0 Å². The highest BCUT2D eigenvalue weighted by atomic mass is 16.1. The third-order valence-corrected chi connectivity index (χ3v) is 1.88. The molecule has 1 rings (SSSR count). The summed E-state index contributed by atoms with van der Waals surface area (Å²) in [4.78, 5) is 17.2. The summed E-state index contributed by atoms with van der Waals surface area (Å²) < 4.78 is 0. The Balaban J connectivity index is 3.13. The van der Waals surface area contributed by atoms with Crippen LogP contribution >= 0.6 is 0 Å². The predicted molar refractivity (Wildman–Crippen MR) is 53.3 cm³/mol. The molecule has 0 aliphatic heterocycles. The summed E-state index contributed by atoms with van der Waals surface area (Å²) in [7, 11) is 3.87. The molecule has 0 fully saturated rings. The molecule has 0 amide bonds. The molecule has 3 nitrogen and oxygen atoms in total. The first kappa shape index (κ1) is 9.71. The molecule has 1 aromatic heterocycles. The van der Waals surface area contributed by atoms with Gasteiger partial charge in [0.15, 0.2) is 5.78 Å².